The van der Waals surface area contributed by atoms with Gasteiger partial charge in [0.1, 0.15) is 11.9 Å². The van der Waals surface area contributed by atoms with E-state index in [1.807, 2.05) is 0 Å². The van der Waals surface area contributed by atoms with Gasteiger partial charge < -0.3 is 15.3 Å². The first kappa shape index (κ1) is 14.0. The number of hydrogen-bond acceptors (Lipinski definition) is 4. The molecule has 1 aromatic carbocycles. The number of thiol groups is 1. The molecule has 0 fully saturated rings. The number of halogens is 1. The van der Waals surface area contributed by atoms with Crippen LogP contribution in [0.2, 0.25) is 0 Å². The Morgan fingerprint density at radius 1 is 1.41 bits per heavy atom. The average Bonchev–Trinajstić information content (AvgIpc) is 2.28. The summed E-state index contributed by atoms with van der Waals surface area (Å²) in [4.78, 5) is 10.6. The van der Waals surface area contributed by atoms with Gasteiger partial charge in [0.15, 0.2) is 0 Å². The van der Waals surface area contributed by atoms with E-state index in [-0.39, 0.29) is 17.5 Å². The number of benzene rings is 1. The second-order valence-electron chi connectivity index (χ2n) is 3.57. The van der Waals surface area contributed by atoms with E-state index in [9.17, 15) is 19.4 Å². The minimum absolute atomic E-state index is 0.121. The van der Waals surface area contributed by atoms with Crippen LogP contribution in [0.5, 0.6) is 0 Å². The van der Waals surface area contributed by atoms with Crippen LogP contribution >= 0.6 is 12.6 Å². The number of aliphatic hydroxyl groups is 2. The maximum Gasteiger partial charge on any atom is 0.335 e. The predicted octanol–water partition coefficient (Wildman–Crippen LogP) is 1.24. The highest BCUT2D eigenvalue weighted by atomic mass is 32.1. The molecule has 0 saturated carbocycles. The summed E-state index contributed by atoms with van der Waals surface area (Å²) in [7, 11) is 0. The lowest BCUT2D eigenvalue weighted by Crippen LogP contribution is -2.20. The fourth-order valence-electron chi connectivity index (χ4n) is 1.40. The van der Waals surface area contributed by atoms with Gasteiger partial charge in [0.05, 0.1) is 11.7 Å². The molecule has 94 valence electrons. The van der Waals surface area contributed by atoms with Gasteiger partial charge in [0, 0.05) is 5.56 Å². The van der Waals surface area contributed by atoms with Crippen LogP contribution in [0.1, 0.15) is 28.4 Å². The summed E-state index contributed by atoms with van der Waals surface area (Å²) in [6, 6.07) is 3.15. The zero-order valence-electron chi connectivity index (χ0n) is 8.88. The quantitative estimate of drug-likeness (QED) is 0.601. The number of hydrogen-bond donors (Lipinski definition) is 4. The van der Waals surface area contributed by atoms with Gasteiger partial charge in [0.25, 0.3) is 0 Å². The summed E-state index contributed by atoms with van der Waals surface area (Å²) in [6.07, 6.45) is -2.30. The third kappa shape index (κ3) is 3.42. The largest absolute Gasteiger partial charge is 0.478 e. The Morgan fingerprint density at radius 3 is 2.53 bits per heavy atom. The average molecular weight is 260 g/mol. The number of carbonyl (C=O) groups is 1. The molecule has 1 rings (SSSR count). The van der Waals surface area contributed by atoms with Crippen LogP contribution in [-0.4, -0.2) is 33.1 Å². The van der Waals surface area contributed by atoms with Crippen LogP contribution in [0.4, 0.5) is 4.39 Å². The van der Waals surface area contributed by atoms with Gasteiger partial charge >= 0.3 is 5.97 Å². The summed E-state index contributed by atoms with van der Waals surface area (Å²) in [5.74, 6) is -1.75. The molecule has 0 aliphatic rings. The molecule has 0 heterocycles. The second kappa shape index (κ2) is 6.00. The smallest absolute Gasteiger partial charge is 0.335 e. The van der Waals surface area contributed by atoms with Crippen molar-refractivity contribution in [2.75, 3.05) is 5.75 Å². The summed E-state index contributed by atoms with van der Waals surface area (Å²) in [5.41, 5.74) is -0.327. The first-order chi connectivity index (χ1) is 7.97. The Morgan fingerprint density at radius 2 is 2.06 bits per heavy atom. The summed E-state index contributed by atoms with van der Waals surface area (Å²) in [5, 5.41) is 27.8. The van der Waals surface area contributed by atoms with Crippen molar-refractivity contribution in [3.8, 4) is 0 Å². The van der Waals surface area contributed by atoms with Gasteiger partial charge in [-0.3, -0.25) is 0 Å². The van der Waals surface area contributed by atoms with Crippen molar-refractivity contribution < 1.29 is 24.5 Å². The monoisotopic (exact) mass is 260 g/mol. The molecule has 0 radical (unpaired) electrons. The van der Waals surface area contributed by atoms with Gasteiger partial charge in [-0.25, -0.2) is 9.18 Å². The van der Waals surface area contributed by atoms with E-state index >= 15 is 0 Å². The number of rotatable bonds is 5. The van der Waals surface area contributed by atoms with Crippen LogP contribution < -0.4 is 0 Å². The Bertz CT molecular complexity index is 410. The van der Waals surface area contributed by atoms with E-state index in [0.717, 1.165) is 12.1 Å². The molecule has 4 nitrogen and oxygen atoms in total. The number of aliphatic hydroxyl groups excluding tert-OH is 2. The number of aromatic carboxylic acids is 1. The Labute approximate surface area is 103 Å². The highest BCUT2D eigenvalue weighted by Gasteiger charge is 2.21. The molecule has 6 heteroatoms. The molecule has 1 aromatic rings. The van der Waals surface area contributed by atoms with Gasteiger partial charge in [-0.05, 0) is 24.3 Å². The van der Waals surface area contributed by atoms with Gasteiger partial charge in [0.2, 0.25) is 0 Å². The first-order valence-corrected chi connectivity index (χ1v) is 5.60. The molecule has 2 atom stereocenters. The van der Waals surface area contributed by atoms with E-state index in [0.29, 0.717) is 5.75 Å². The lowest BCUT2D eigenvalue weighted by atomic mass is 10.0. The maximum absolute atomic E-state index is 13.5. The van der Waals surface area contributed by atoms with Crippen molar-refractivity contribution in [3.05, 3.63) is 35.1 Å². The van der Waals surface area contributed by atoms with Gasteiger partial charge in [-0.15, -0.1) is 0 Å². The molecule has 3 N–H and O–H groups in total. The van der Waals surface area contributed by atoms with Gasteiger partial charge in [-0.1, -0.05) is 6.07 Å². The lowest BCUT2D eigenvalue weighted by molar-refractivity contribution is 0.0151. The molecule has 0 spiro atoms. The topological polar surface area (TPSA) is 77.8 Å². The molecule has 0 aliphatic heterocycles. The van der Waals surface area contributed by atoms with Crippen molar-refractivity contribution in [1.29, 1.82) is 0 Å². The minimum Gasteiger partial charge on any atom is -0.478 e. The highest BCUT2D eigenvalue weighted by molar-refractivity contribution is 7.80. The summed E-state index contributed by atoms with van der Waals surface area (Å²) < 4.78 is 13.5. The van der Waals surface area contributed by atoms with E-state index in [2.05, 4.69) is 12.6 Å². The second-order valence-corrected chi connectivity index (χ2v) is 4.01. The Balaban J connectivity index is 2.95. The van der Waals surface area contributed by atoms with Crippen LogP contribution in [0, 0.1) is 5.82 Å². The fourth-order valence-corrected chi connectivity index (χ4v) is 1.66. The normalized spacial score (nSPS) is 14.4. The van der Waals surface area contributed by atoms with Crippen LogP contribution in [0.25, 0.3) is 0 Å². The van der Waals surface area contributed by atoms with Crippen LogP contribution in [-0.2, 0) is 0 Å². The number of carboxylic acids is 1. The van der Waals surface area contributed by atoms with E-state index < -0.39 is 24.0 Å². The molecule has 0 amide bonds. The molecular weight excluding hydrogens is 247 g/mol. The predicted molar refractivity (Wildman–Crippen MR) is 62.8 cm³/mol. The molecule has 0 saturated heterocycles. The van der Waals surface area contributed by atoms with Crippen LogP contribution in [0.15, 0.2) is 18.2 Å². The Kier molecular flexibility index (Phi) is 4.92. The van der Waals surface area contributed by atoms with Crippen molar-refractivity contribution in [2.24, 2.45) is 0 Å². The molecule has 0 aliphatic carbocycles. The maximum atomic E-state index is 13.5. The Hall–Kier alpha value is -1.11. The third-order valence-electron chi connectivity index (χ3n) is 2.36. The standard InChI is InChI=1S/C11H13FO4S/c12-8-5-6(11(15)16)1-2-7(8)10(14)9(13)3-4-17/h1-2,5,9-10,13-14,17H,3-4H2,(H,15,16). The fraction of sp³-hybridized carbons (Fsp3) is 0.364. The van der Waals surface area contributed by atoms with E-state index in [1.165, 1.54) is 6.07 Å². The summed E-state index contributed by atoms with van der Waals surface area (Å²) >= 11 is 3.89. The zero-order valence-corrected chi connectivity index (χ0v) is 9.77. The zero-order chi connectivity index (χ0) is 13.0. The van der Waals surface area contributed by atoms with Crippen molar-refractivity contribution >= 4 is 18.6 Å². The van der Waals surface area contributed by atoms with E-state index in [4.69, 9.17) is 5.11 Å². The third-order valence-corrected chi connectivity index (χ3v) is 2.61. The highest BCUT2D eigenvalue weighted by Crippen LogP contribution is 2.23. The molecule has 2 unspecified atom stereocenters. The SMILES string of the molecule is O=C(O)c1ccc(C(O)C(O)CCS)c(F)c1. The van der Waals surface area contributed by atoms with Gasteiger partial charge in [-0.2, -0.15) is 12.6 Å². The molecule has 0 bridgehead atoms. The molecule has 0 aromatic heterocycles. The van der Waals surface area contributed by atoms with Crippen molar-refractivity contribution in [1.82, 2.24) is 0 Å². The van der Waals surface area contributed by atoms with Crippen molar-refractivity contribution in [2.45, 2.75) is 18.6 Å². The lowest BCUT2D eigenvalue weighted by Gasteiger charge is -2.18. The minimum atomic E-state index is -1.38. The molecular formula is C11H13FO4S. The van der Waals surface area contributed by atoms with Crippen molar-refractivity contribution in [3.63, 3.8) is 0 Å². The number of carboxylic acid groups (broad SMARTS) is 1. The first-order valence-electron chi connectivity index (χ1n) is 4.97. The summed E-state index contributed by atoms with van der Waals surface area (Å²) in [6.45, 7) is 0. The van der Waals surface area contributed by atoms with E-state index in [1.54, 1.807) is 0 Å². The van der Waals surface area contributed by atoms with Crippen LogP contribution in [0.3, 0.4) is 0 Å². The molecule has 17 heavy (non-hydrogen) atoms.